The van der Waals surface area contributed by atoms with Gasteiger partial charge in [0.05, 0.1) is 6.42 Å². The number of hydrogen-bond acceptors (Lipinski definition) is 3. The predicted octanol–water partition coefficient (Wildman–Crippen LogP) is 1.37. The second-order valence-corrected chi connectivity index (χ2v) is 5.74. The standard InChI is InChI=1S/C10H17NO2S/c1-8(12)6-9(13)11-7-10(2)4-3-5-14-10/h3-7H2,1-2H3,(H,11,13). The van der Waals surface area contributed by atoms with Crippen LogP contribution in [0.4, 0.5) is 0 Å². The van der Waals surface area contributed by atoms with Gasteiger partial charge >= 0.3 is 0 Å². The smallest absolute Gasteiger partial charge is 0.227 e. The number of carbonyl (C=O) groups is 2. The van der Waals surface area contributed by atoms with Crippen LogP contribution in [0.5, 0.6) is 0 Å². The monoisotopic (exact) mass is 215 g/mol. The fourth-order valence-electron chi connectivity index (χ4n) is 1.55. The number of nitrogens with one attached hydrogen (secondary N) is 1. The molecule has 0 bridgehead atoms. The Kier molecular flexibility index (Phi) is 3.98. The Bertz CT molecular complexity index is 234. The highest BCUT2D eigenvalue weighted by Gasteiger charge is 2.29. The first-order chi connectivity index (χ1) is 6.52. The van der Waals surface area contributed by atoms with Crippen molar-refractivity contribution in [3.8, 4) is 0 Å². The summed E-state index contributed by atoms with van der Waals surface area (Å²) >= 11 is 1.91. The molecule has 1 N–H and O–H groups in total. The summed E-state index contributed by atoms with van der Waals surface area (Å²) in [5.41, 5.74) is 0. The van der Waals surface area contributed by atoms with Crippen LogP contribution in [0.15, 0.2) is 0 Å². The van der Waals surface area contributed by atoms with Gasteiger partial charge in [0.2, 0.25) is 5.91 Å². The summed E-state index contributed by atoms with van der Waals surface area (Å²) in [5.74, 6) is 0.956. The van der Waals surface area contributed by atoms with Crippen molar-refractivity contribution in [3.05, 3.63) is 0 Å². The molecule has 0 aromatic rings. The maximum Gasteiger partial charge on any atom is 0.227 e. The lowest BCUT2D eigenvalue weighted by molar-refractivity contribution is -0.127. The van der Waals surface area contributed by atoms with Crippen LogP contribution in [0.1, 0.15) is 33.1 Å². The van der Waals surface area contributed by atoms with E-state index in [9.17, 15) is 9.59 Å². The Balaban J connectivity index is 2.25. The number of amides is 1. The molecular formula is C10H17NO2S. The molecule has 14 heavy (non-hydrogen) atoms. The molecule has 3 nitrogen and oxygen atoms in total. The summed E-state index contributed by atoms with van der Waals surface area (Å²) in [5, 5.41) is 2.82. The van der Waals surface area contributed by atoms with Crippen molar-refractivity contribution < 1.29 is 9.59 Å². The molecule has 80 valence electrons. The molecule has 1 rings (SSSR count). The number of carbonyl (C=O) groups excluding carboxylic acids is 2. The molecular weight excluding hydrogens is 198 g/mol. The molecule has 0 radical (unpaired) electrons. The van der Waals surface area contributed by atoms with Crippen LogP contribution in [0.3, 0.4) is 0 Å². The van der Waals surface area contributed by atoms with Gasteiger partial charge in [-0.15, -0.1) is 0 Å². The second-order valence-electron chi connectivity index (χ2n) is 4.06. The topological polar surface area (TPSA) is 46.2 Å². The summed E-state index contributed by atoms with van der Waals surface area (Å²) in [7, 11) is 0. The lowest BCUT2D eigenvalue weighted by Crippen LogP contribution is -2.37. The van der Waals surface area contributed by atoms with Crippen molar-refractivity contribution in [2.24, 2.45) is 0 Å². The number of Topliss-reactive ketones (excluding diaryl/α,β-unsaturated/α-hetero) is 1. The third kappa shape index (κ3) is 3.70. The highest BCUT2D eigenvalue weighted by atomic mass is 32.2. The summed E-state index contributed by atoms with van der Waals surface area (Å²) in [6, 6.07) is 0. The maximum absolute atomic E-state index is 11.2. The van der Waals surface area contributed by atoms with Crippen LogP contribution in [0.2, 0.25) is 0 Å². The van der Waals surface area contributed by atoms with Crippen molar-refractivity contribution in [1.29, 1.82) is 0 Å². The fourth-order valence-corrected chi connectivity index (χ4v) is 2.79. The molecule has 0 aliphatic carbocycles. The van der Waals surface area contributed by atoms with Gasteiger partial charge in [-0.2, -0.15) is 11.8 Å². The number of thioether (sulfide) groups is 1. The first-order valence-electron chi connectivity index (χ1n) is 4.92. The molecule has 0 saturated carbocycles. The molecule has 0 spiro atoms. The lowest BCUT2D eigenvalue weighted by Gasteiger charge is -2.22. The molecule has 1 saturated heterocycles. The zero-order chi connectivity index (χ0) is 10.6. The average Bonchev–Trinajstić information content (AvgIpc) is 2.49. The zero-order valence-corrected chi connectivity index (χ0v) is 9.58. The highest BCUT2D eigenvalue weighted by Crippen LogP contribution is 2.36. The van der Waals surface area contributed by atoms with Gasteiger partial charge in [-0.3, -0.25) is 9.59 Å². The minimum absolute atomic E-state index is 0.0146. The van der Waals surface area contributed by atoms with E-state index in [0.717, 1.165) is 6.42 Å². The molecule has 0 aromatic heterocycles. The number of ketones is 1. The van der Waals surface area contributed by atoms with Crippen LogP contribution < -0.4 is 5.32 Å². The predicted molar refractivity (Wildman–Crippen MR) is 58.4 cm³/mol. The molecule has 1 fully saturated rings. The third-order valence-corrected chi connectivity index (χ3v) is 3.91. The van der Waals surface area contributed by atoms with Gasteiger partial charge in [-0.1, -0.05) is 0 Å². The van der Waals surface area contributed by atoms with Crippen LogP contribution >= 0.6 is 11.8 Å². The van der Waals surface area contributed by atoms with Gasteiger partial charge in [0, 0.05) is 11.3 Å². The van der Waals surface area contributed by atoms with Crippen molar-refractivity contribution in [2.75, 3.05) is 12.3 Å². The Labute approximate surface area is 89.0 Å². The van der Waals surface area contributed by atoms with Crippen molar-refractivity contribution >= 4 is 23.5 Å². The van der Waals surface area contributed by atoms with Crippen LogP contribution in [0, 0.1) is 0 Å². The molecule has 1 unspecified atom stereocenters. The van der Waals surface area contributed by atoms with E-state index in [1.807, 2.05) is 11.8 Å². The van der Waals surface area contributed by atoms with E-state index < -0.39 is 0 Å². The largest absolute Gasteiger partial charge is 0.354 e. The molecule has 1 aliphatic heterocycles. The summed E-state index contributed by atoms with van der Waals surface area (Å²) in [6.07, 6.45) is 2.39. The van der Waals surface area contributed by atoms with Gasteiger partial charge in [-0.25, -0.2) is 0 Å². The fraction of sp³-hybridized carbons (Fsp3) is 0.800. The summed E-state index contributed by atoms with van der Waals surface area (Å²) in [4.78, 5) is 21.9. The SMILES string of the molecule is CC(=O)CC(=O)NCC1(C)CCCS1. The van der Waals surface area contributed by atoms with E-state index in [2.05, 4.69) is 12.2 Å². The van der Waals surface area contributed by atoms with Gasteiger partial charge in [0.25, 0.3) is 0 Å². The van der Waals surface area contributed by atoms with Crippen molar-refractivity contribution in [3.63, 3.8) is 0 Å². The highest BCUT2D eigenvalue weighted by molar-refractivity contribution is 8.00. The van der Waals surface area contributed by atoms with Crippen molar-refractivity contribution in [1.82, 2.24) is 5.32 Å². The summed E-state index contributed by atoms with van der Waals surface area (Å²) < 4.78 is 0.187. The normalized spacial score (nSPS) is 26.1. The maximum atomic E-state index is 11.2. The minimum Gasteiger partial charge on any atom is -0.354 e. The van der Waals surface area contributed by atoms with Crippen LogP contribution in [-0.4, -0.2) is 28.7 Å². The van der Waals surface area contributed by atoms with E-state index in [1.54, 1.807) is 0 Å². The summed E-state index contributed by atoms with van der Waals surface area (Å²) in [6.45, 7) is 4.29. The second kappa shape index (κ2) is 4.82. The first-order valence-corrected chi connectivity index (χ1v) is 5.90. The molecule has 1 heterocycles. The quantitative estimate of drug-likeness (QED) is 0.720. The molecule has 4 heteroatoms. The van der Waals surface area contributed by atoms with E-state index in [-0.39, 0.29) is 22.9 Å². The first kappa shape index (κ1) is 11.6. The van der Waals surface area contributed by atoms with Gasteiger partial charge in [-0.05, 0) is 32.4 Å². The Morgan fingerprint density at radius 1 is 1.50 bits per heavy atom. The van der Waals surface area contributed by atoms with E-state index in [0.29, 0.717) is 6.54 Å². The van der Waals surface area contributed by atoms with Crippen LogP contribution in [-0.2, 0) is 9.59 Å². The molecule has 1 atom stereocenters. The lowest BCUT2D eigenvalue weighted by atomic mass is 10.1. The number of hydrogen-bond donors (Lipinski definition) is 1. The third-order valence-electron chi connectivity index (χ3n) is 2.37. The molecule has 1 aliphatic rings. The Morgan fingerprint density at radius 2 is 2.21 bits per heavy atom. The van der Waals surface area contributed by atoms with E-state index in [4.69, 9.17) is 0 Å². The van der Waals surface area contributed by atoms with Crippen molar-refractivity contribution in [2.45, 2.75) is 37.9 Å². The minimum atomic E-state index is -0.147. The Morgan fingerprint density at radius 3 is 2.71 bits per heavy atom. The number of rotatable bonds is 4. The average molecular weight is 215 g/mol. The Hall–Kier alpha value is -0.510. The van der Waals surface area contributed by atoms with Gasteiger partial charge in [0.15, 0.2) is 0 Å². The molecule has 0 aromatic carbocycles. The van der Waals surface area contributed by atoms with Gasteiger partial charge in [0.1, 0.15) is 5.78 Å². The molecule has 1 amide bonds. The zero-order valence-electron chi connectivity index (χ0n) is 8.76. The van der Waals surface area contributed by atoms with E-state index >= 15 is 0 Å². The van der Waals surface area contributed by atoms with E-state index in [1.165, 1.54) is 19.1 Å². The van der Waals surface area contributed by atoms with Crippen LogP contribution in [0.25, 0.3) is 0 Å². The van der Waals surface area contributed by atoms with Gasteiger partial charge < -0.3 is 5.32 Å².